The van der Waals surface area contributed by atoms with E-state index in [-0.39, 0.29) is 11.6 Å². The number of fused-ring (bicyclic) bond motifs is 2. The molecule has 1 aliphatic heterocycles. The van der Waals surface area contributed by atoms with Gasteiger partial charge < -0.3 is 4.90 Å². The molecule has 3 nitrogen and oxygen atoms in total. The standard InChI is InChI=1S/C18H19F2N3/c1-11-21-17-5-3-2-4-13(17)18(22-11)23-9-8-12-14(10-23)16(20)7-6-15(12)19/h6-7H,2-5,8-10H2,1H3. The van der Waals surface area contributed by atoms with Gasteiger partial charge in [-0.15, -0.1) is 0 Å². The molecule has 0 spiro atoms. The van der Waals surface area contributed by atoms with Crippen LogP contribution in [0.2, 0.25) is 0 Å². The van der Waals surface area contributed by atoms with Gasteiger partial charge >= 0.3 is 0 Å². The summed E-state index contributed by atoms with van der Waals surface area (Å²) in [6.07, 6.45) is 4.77. The van der Waals surface area contributed by atoms with Crippen molar-refractivity contribution in [1.29, 1.82) is 0 Å². The van der Waals surface area contributed by atoms with Gasteiger partial charge in [0.1, 0.15) is 23.3 Å². The van der Waals surface area contributed by atoms with Crippen LogP contribution >= 0.6 is 0 Å². The molecule has 2 aromatic rings. The van der Waals surface area contributed by atoms with Crippen molar-refractivity contribution in [2.45, 2.75) is 45.6 Å². The first kappa shape index (κ1) is 14.5. The molecule has 0 radical (unpaired) electrons. The third kappa shape index (κ3) is 2.48. The highest BCUT2D eigenvalue weighted by atomic mass is 19.1. The van der Waals surface area contributed by atoms with Crippen LogP contribution in [0.1, 0.15) is 41.1 Å². The van der Waals surface area contributed by atoms with Crippen LogP contribution in [0.3, 0.4) is 0 Å². The van der Waals surface area contributed by atoms with Crippen LogP contribution in [-0.2, 0) is 25.8 Å². The van der Waals surface area contributed by atoms with Crippen molar-refractivity contribution in [3.05, 3.63) is 52.0 Å². The Morgan fingerprint density at radius 2 is 1.65 bits per heavy atom. The number of benzene rings is 1. The van der Waals surface area contributed by atoms with Gasteiger partial charge in [-0.1, -0.05) is 0 Å². The first-order chi connectivity index (χ1) is 11.1. The summed E-state index contributed by atoms with van der Waals surface area (Å²) in [4.78, 5) is 11.3. The van der Waals surface area contributed by atoms with Crippen molar-refractivity contribution in [2.75, 3.05) is 11.4 Å². The Morgan fingerprint density at radius 3 is 2.48 bits per heavy atom. The van der Waals surface area contributed by atoms with Gasteiger partial charge in [-0.05, 0) is 56.7 Å². The number of hydrogen-bond donors (Lipinski definition) is 0. The number of anilines is 1. The van der Waals surface area contributed by atoms with E-state index in [1.54, 1.807) is 0 Å². The summed E-state index contributed by atoms with van der Waals surface area (Å²) in [6, 6.07) is 2.44. The van der Waals surface area contributed by atoms with Crippen molar-refractivity contribution in [1.82, 2.24) is 9.97 Å². The average molecular weight is 315 g/mol. The molecule has 0 atom stereocenters. The number of aryl methyl sites for hydroxylation is 2. The first-order valence-electron chi connectivity index (χ1n) is 8.20. The molecule has 2 heterocycles. The fraction of sp³-hybridized carbons (Fsp3) is 0.444. The summed E-state index contributed by atoms with van der Waals surface area (Å²) in [5, 5.41) is 0. The number of aromatic nitrogens is 2. The lowest BCUT2D eigenvalue weighted by atomic mass is 9.94. The summed E-state index contributed by atoms with van der Waals surface area (Å²) in [7, 11) is 0. The van der Waals surface area contributed by atoms with E-state index < -0.39 is 0 Å². The fourth-order valence-corrected chi connectivity index (χ4v) is 3.73. The molecule has 0 N–H and O–H groups in total. The van der Waals surface area contributed by atoms with Gasteiger partial charge in [0.05, 0.1) is 0 Å². The number of nitrogens with zero attached hydrogens (tertiary/aromatic N) is 3. The maximum absolute atomic E-state index is 14.1. The molecule has 2 aliphatic rings. The molecule has 0 fully saturated rings. The second kappa shape index (κ2) is 5.55. The first-order valence-corrected chi connectivity index (χ1v) is 8.20. The van der Waals surface area contributed by atoms with Crippen LogP contribution in [0, 0.1) is 18.6 Å². The van der Waals surface area contributed by atoms with E-state index in [2.05, 4.69) is 14.9 Å². The molecule has 0 saturated carbocycles. The third-order valence-electron chi connectivity index (χ3n) is 4.87. The predicted octanol–water partition coefficient (Wildman–Crippen LogP) is 3.50. The smallest absolute Gasteiger partial charge is 0.136 e. The zero-order chi connectivity index (χ0) is 16.0. The van der Waals surface area contributed by atoms with E-state index in [4.69, 9.17) is 0 Å². The second-order valence-corrected chi connectivity index (χ2v) is 6.38. The molecular formula is C18H19F2N3. The number of hydrogen-bond acceptors (Lipinski definition) is 3. The second-order valence-electron chi connectivity index (χ2n) is 6.38. The molecule has 4 rings (SSSR count). The molecule has 5 heteroatoms. The van der Waals surface area contributed by atoms with Crippen LogP contribution in [0.15, 0.2) is 12.1 Å². The highest BCUT2D eigenvalue weighted by molar-refractivity contribution is 5.53. The summed E-state index contributed by atoms with van der Waals surface area (Å²) >= 11 is 0. The Kier molecular flexibility index (Phi) is 3.51. The van der Waals surface area contributed by atoms with Gasteiger partial charge in [-0.3, -0.25) is 0 Å². The number of halogens is 2. The van der Waals surface area contributed by atoms with Gasteiger partial charge in [0.2, 0.25) is 0 Å². The fourth-order valence-electron chi connectivity index (χ4n) is 3.73. The molecule has 23 heavy (non-hydrogen) atoms. The third-order valence-corrected chi connectivity index (χ3v) is 4.87. The summed E-state index contributed by atoms with van der Waals surface area (Å²) in [6.45, 7) is 2.94. The van der Waals surface area contributed by atoms with Crippen LogP contribution in [0.25, 0.3) is 0 Å². The lowest BCUT2D eigenvalue weighted by Crippen LogP contribution is -2.34. The lowest BCUT2D eigenvalue weighted by molar-refractivity contribution is 0.546. The quantitative estimate of drug-likeness (QED) is 0.806. The monoisotopic (exact) mass is 315 g/mol. The normalized spacial score (nSPS) is 16.9. The molecular weight excluding hydrogens is 296 g/mol. The molecule has 0 saturated heterocycles. The molecule has 1 aromatic heterocycles. The van der Waals surface area contributed by atoms with Gasteiger partial charge in [0.25, 0.3) is 0 Å². The van der Waals surface area contributed by atoms with E-state index in [0.717, 1.165) is 43.0 Å². The van der Waals surface area contributed by atoms with E-state index in [1.807, 2.05) is 6.92 Å². The maximum atomic E-state index is 14.1. The molecule has 120 valence electrons. The van der Waals surface area contributed by atoms with Crippen molar-refractivity contribution in [2.24, 2.45) is 0 Å². The van der Waals surface area contributed by atoms with Crippen molar-refractivity contribution >= 4 is 5.82 Å². The van der Waals surface area contributed by atoms with E-state index in [9.17, 15) is 8.78 Å². The Balaban J connectivity index is 1.76. The predicted molar refractivity (Wildman–Crippen MR) is 84.5 cm³/mol. The summed E-state index contributed by atoms with van der Waals surface area (Å²) < 4.78 is 28.0. The topological polar surface area (TPSA) is 29.0 Å². The van der Waals surface area contributed by atoms with Crippen LogP contribution < -0.4 is 4.90 Å². The Labute approximate surface area is 134 Å². The van der Waals surface area contributed by atoms with Gasteiger partial charge in [-0.25, -0.2) is 18.7 Å². The van der Waals surface area contributed by atoms with Gasteiger partial charge in [0, 0.05) is 29.9 Å². The minimum absolute atomic E-state index is 0.304. The molecule has 0 unspecified atom stereocenters. The lowest BCUT2D eigenvalue weighted by Gasteiger charge is -2.33. The highest BCUT2D eigenvalue weighted by Gasteiger charge is 2.27. The van der Waals surface area contributed by atoms with Crippen molar-refractivity contribution in [3.63, 3.8) is 0 Å². The molecule has 1 aromatic carbocycles. The minimum atomic E-state index is -0.328. The number of rotatable bonds is 1. The Morgan fingerprint density at radius 1 is 0.913 bits per heavy atom. The van der Waals surface area contributed by atoms with Crippen LogP contribution in [0.5, 0.6) is 0 Å². The van der Waals surface area contributed by atoms with E-state index in [0.29, 0.717) is 30.6 Å². The van der Waals surface area contributed by atoms with Crippen molar-refractivity contribution < 1.29 is 8.78 Å². The van der Waals surface area contributed by atoms with Gasteiger partial charge in [0.15, 0.2) is 0 Å². The highest BCUT2D eigenvalue weighted by Crippen LogP contribution is 2.32. The Hall–Kier alpha value is -2.04. The van der Waals surface area contributed by atoms with Crippen LogP contribution in [0.4, 0.5) is 14.6 Å². The molecule has 0 bridgehead atoms. The van der Waals surface area contributed by atoms with E-state index in [1.165, 1.54) is 17.7 Å². The van der Waals surface area contributed by atoms with Crippen molar-refractivity contribution in [3.8, 4) is 0 Å². The SMILES string of the molecule is Cc1nc2c(c(N3CCc4c(F)ccc(F)c4C3)n1)CCCC2. The molecule has 0 amide bonds. The zero-order valence-electron chi connectivity index (χ0n) is 13.2. The van der Waals surface area contributed by atoms with Crippen LogP contribution in [-0.4, -0.2) is 16.5 Å². The molecule has 1 aliphatic carbocycles. The minimum Gasteiger partial charge on any atom is -0.351 e. The average Bonchev–Trinajstić information content (AvgIpc) is 2.57. The maximum Gasteiger partial charge on any atom is 0.136 e. The van der Waals surface area contributed by atoms with Gasteiger partial charge in [-0.2, -0.15) is 0 Å². The Bertz CT molecular complexity index is 773. The van der Waals surface area contributed by atoms with E-state index >= 15 is 0 Å². The zero-order valence-corrected chi connectivity index (χ0v) is 13.2. The summed E-state index contributed by atoms with van der Waals surface area (Å²) in [5.41, 5.74) is 3.31. The largest absolute Gasteiger partial charge is 0.351 e. The summed E-state index contributed by atoms with van der Waals surface area (Å²) in [5.74, 6) is 1.04.